The molecule has 2 heterocycles. The number of halogens is 1. The predicted molar refractivity (Wildman–Crippen MR) is 98.4 cm³/mol. The standard InChI is InChI=1S/C17H24N6O.ClH/c1-12(2)15(17(24)19-14-9-6-10-18-11-14)23-21-16(20-22-23)13-7-4-3-5-8-13;/h3-5,7-8,12,14-15,18H,6,9-11H2,1-2H3,(H,19,24);1H. The third-order valence-electron chi connectivity index (χ3n) is 4.25. The lowest BCUT2D eigenvalue weighted by Crippen LogP contribution is -2.48. The Hall–Kier alpha value is -1.99. The van der Waals surface area contributed by atoms with E-state index >= 15 is 0 Å². The highest BCUT2D eigenvalue weighted by atomic mass is 35.5. The lowest BCUT2D eigenvalue weighted by atomic mass is 10.0. The summed E-state index contributed by atoms with van der Waals surface area (Å²) in [5.41, 5.74) is 0.892. The van der Waals surface area contributed by atoms with Gasteiger partial charge in [-0.15, -0.1) is 22.6 Å². The van der Waals surface area contributed by atoms with Crippen LogP contribution in [-0.2, 0) is 4.79 Å². The first-order valence-electron chi connectivity index (χ1n) is 8.51. The summed E-state index contributed by atoms with van der Waals surface area (Å²) in [7, 11) is 0. The maximum absolute atomic E-state index is 12.7. The number of carbonyl (C=O) groups is 1. The first kappa shape index (κ1) is 19.3. The van der Waals surface area contributed by atoms with Gasteiger partial charge >= 0.3 is 0 Å². The quantitative estimate of drug-likeness (QED) is 0.845. The Labute approximate surface area is 154 Å². The summed E-state index contributed by atoms with van der Waals surface area (Å²) in [5.74, 6) is 0.559. The van der Waals surface area contributed by atoms with Crippen LogP contribution in [0.3, 0.4) is 0 Å². The lowest BCUT2D eigenvalue weighted by molar-refractivity contribution is -0.127. The fourth-order valence-corrected chi connectivity index (χ4v) is 2.98. The Morgan fingerprint density at radius 2 is 2.08 bits per heavy atom. The van der Waals surface area contributed by atoms with E-state index in [9.17, 15) is 4.79 Å². The zero-order valence-corrected chi connectivity index (χ0v) is 15.4. The van der Waals surface area contributed by atoms with Gasteiger partial charge in [0.25, 0.3) is 0 Å². The first-order valence-corrected chi connectivity index (χ1v) is 8.51. The SMILES string of the molecule is CC(C)C(C(=O)NC1CCCNC1)n1nnc(-c2ccccc2)n1.Cl. The van der Waals surface area contributed by atoms with Gasteiger partial charge in [-0.05, 0) is 30.5 Å². The molecular formula is C17H25ClN6O. The smallest absolute Gasteiger partial charge is 0.247 e. The van der Waals surface area contributed by atoms with Gasteiger partial charge in [0.2, 0.25) is 11.7 Å². The summed E-state index contributed by atoms with van der Waals surface area (Å²) in [6.07, 6.45) is 2.08. The number of amides is 1. The molecule has 136 valence electrons. The van der Waals surface area contributed by atoms with Crippen molar-refractivity contribution in [3.05, 3.63) is 30.3 Å². The largest absolute Gasteiger partial charge is 0.350 e. The van der Waals surface area contributed by atoms with E-state index in [0.717, 1.165) is 31.5 Å². The highest BCUT2D eigenvalue weighted by Crippen LogP contribution is 2.19. The summed E-state index contributed by atoms with van der Waals surface area (Å²) in [6.45, 7) is 5.82. The molecule has 0 aliphatic carbocycles. The van der Waals surface area contributed by atoms with Crippen LogP contribution in [0.2, 0.25) is 0 Å². The molecule has 0 bridgehead atoms. The molecule has 0 spiro atoms. The van der Waals surface area contributed by atoms with Crippen LogP contribution in [0.4, 0.5) is 0 Å². The molecule has 0 radical (unpaired) electrons. The Balaban J connectivity index is 0.00000225. The maximum atomic E-state index is 12.7. The number of benzene rings is 1. The third-order valence-corrected chi connectivity index (χ3v) is 4.25. The van der Waals surface area contributed by atoms with E-state index in [1.54, 1.807) is 0 Å². The highest BCUT2D eigenvalue weighted by Gasteiger charge is 2.29. The minimum absolute atomic E-state index is 0. The number of nitrogens with one attached hydrogen (secondary N) is 2. The number of hydrogen-bond acceptors (Lipinski definition) is 5. The molecular weight excluding hydrogens is 340 g/mol. The average Bonchev–Trinajstić information content (AvgIpc) is 3.06. The van der Waals surface area contributed by atoms with E-state index < -0.39 is 6.04 Å². The molecule has 1 amide bonds. The van der Waals surface area contributed by atoms with E-state index in [0.29, 0.717) is 5.82 Å². The number of carbonyl (C=O) groups excluding carboxylic acids is 1. The monoisotopic (exact) mass is 364 g/mol. The zero-order chi connectivity index (χ0) is 16.9. The van der Waals surface area contributed by atoms with E-state index in [1.165, 1.54) is 4.80 Å². The fourth-order valence-electron chi connectivity index (χ4n) is 2.98. The lowest BCUT2D eigenvalue weighted by Gasteiger charge is -2.27. The summed E-state index contributed by atoms with van der Waals surface area (Å²) in [5, 5.41) is 19.1. The highest BCUT2D eigenvalue weighted by molar-refractivity contribution is 5.85. The molecule has 8 heteroatoms. The third kappa shape index (κ3) is 4.76. The predicted octanol–water partition coefficient (Wildman–Crippen LogP) is 1.83. The van der Waals surface area contributed by atoms with Gasteiger partial charge in [-0.2, -0.15) is 4.80 Å². The van der Waals surface area contributed by atoms with E-state index in [1.807, 2.05) is 44.2 Å². The van der Waals surface area contributed by atoms with Crippen molar-refractivity contribution in [3.63, 3.8) is 0 Å². The van der Waals surface area contributed by atoms with Crippen molar-refractivity contribution in [1.29, 1.82) is 0 Å². The molecule has 25 heavy (non-hydrogen) atoms. The summed E-state index contributed by atoms with van der Waals surface area (Å²) in [4.78, 5) is 14.2. The fraction of sp³-hybridized carbons (Fsp3) is 0.529. The van der Waals surface area contributed by atoms with E-state index in [2.05, 4.69) is 26.0 Å². The van der Waals surface area contributed by atoms with Crippen LogP contribution in [0.15, 0.2) is 30.3 Å². The molecule has 1 aliphatic rings. The first-order chi connectivity index (χ1) is 11.6. The average molecular weight is 365 g/mol. The Kier molecular flexibility index (Phi) is 6.90. The number of nitrogens with zero attached hydrogens (tertiary/aromatic N) is 4. The van der Waals surface area contributed by atoms with Crippen molar-refractivity contribution in [1.82, 2.24) is 30.8 Å². The summed E-state index contributed by atoms with van der Waals surface area (Å²) in [6, 6.07) is 9.37. The van der Waals surface area contributed by atoms with E-state index in [4.69, 9.17) is 0 Å². The van der Waals surface area contributed by atoms with Crippen LogP contribution in [0, 0.1) is 5.92 Å². The van der Waals surface area contributed by atoms with Crippen molar-refractivity contribution in [2.24, 2.45) is 5.92 Å². The van der Waals surface area contributed by atoms with Crippen LogP contribution >= 0.6 is 12.4 Å². The Bertz CT molecular complexity index is 669. The molecule has 2 aromatic rings. The number of hydrogen-bond donors (Lipinski definition) is 2. The van der Waals surface area contributed by atoms with Crippen molar-refractivity contribution in [2.75, 3.05) is 13.1 Å². The van der Waals surface area contributed by atoms with Crippen molar-refractivity contribution >= 4 is 18.3 Å². The molecule has 7 nitrogen and oxygen atoms in total. The zero-order valence-electron chi connectivity index (χ0n) is 14.6. The normalized spacial score (nSPS) is 18.4. The second-order valence-electron chi connectivity index (χ2n) is 6.54. The molecule has 0 saturated carbocycles. The van der Waals surface area contributed by atoms with Crippen LogP contribution < -0.4 is 10.6 Å². The minimum atomic E-state index is -0.461. The van der Waals surface area contributed by atoms with Crippen LogP contribution in [0.1, 0.15) is 32.7 Å². The van der Waals surface area contributed by atoms with Crippen LogP contribution in [-0.4, -0.2) is 45.2 Å². The number of rotatable bonds is 5. The minimum Gasteiger partial charge on any atom is -0.350 e. The van der Waals surface area contributed by atoms with Gasteiger partial charge in [-0.1, -0.05) is 44.2 Å². The molecule has 1 fully saturated rings. The molecule has 2 N–H and O–H groups in total. The van der Waals surface area contributed by atoms with Gasteiger partial charge < -0.3 is 10.6 Å². The molecule has 1 saturated heterocycles. The molecule has 2 atom stereocenters. The Morgan fingerprint density at radius 3 is 2.72 bits per heavy atom. The maximum Gasteiger partial charge on any atom is 0.247 e. The van der Waals surface area contributed by atoms with E-state index in [-0.39, 0.29) is 30.3 Å². The topological polar surface area (TPSA) is 84.7 Å². The molecule has 2 unspecified atom stereocenters. The summed E-state index contributed by atoms with van der Waals surface area (Å²) < 4.78 is 0. The van der Waals surface area contributed by atoms with Crippen molar-refractivity contribution < 1.29 is 4.79 Å². The molecule has 3 rings (SSSR count). The summed E-state index contributed by atoms with van der Waals surface area (Å²) >= 11 is 0. The number of tetrazole rings is 1. The van der Waals surface area contributed by atoms with Gasteiger partial charge in [0.1, 0.15) is 0 Å². The van der Waals surface area contributed by atoms with Gasteiger partial charge in [0, 0.05) is 18.2 Å². The van der Waals surface area contributed by atoms with Crippen molar-refractivity contribution in [3.8, 4) is 11.4 Å². The van der Waals surface area contributed by atoms with Crippen LogP contribution in [0.25, 0.3) is 11.4 Å². The molecule has 1 aliphatic heterocycles. The van der Waals surface area contributed by atoms with Gasteiger partial charge in [0.05, 0.1) is 0 Å². The van der Waals surface area contributed by atoms with Crippen molar-refractivity contribution in [2.45, 2.75) is 38.8 Å². The van der Waals surface area contributed by atoms with Gasteiger partial charge in [-0.25, -0.2) is 0 Å². The number of piperidine rings is 1. The number of aromatic nitrogens is 4. The molecule has 1 aromatic carbocycles. The second-order valence-corrected chi connectivity index (χ2v) is 6.54. The van der Waals surface area contributed by atoms with Crippen LogP contribution in [0.5, 0.6) is 0 Å². The van der Waals surface area contributed by atoms with Gasteiger partial charge in [0.15, 0.2) is 6.04 Å². The molecule has 1 aromatic heterocycles. The second kappa shape index (κ2) is 8.92. The Morgan fingerprint density at radius 1 is 1.32 bits per heavy atom. The van der Waals surface area contributed by atoms with Gasteiger partial charge in [-0.3, -0.25) is 4.79 Å².